The lowest BCUT2D eigenvalue weighted by molar-refractivity contribution is 0.961. The number of benzene rings is 1. The van der Waals surface area contributed by atoms with Crippen molar-refractivity contribution in [3.8, 4) is 0 Å². The van der Waals surface area contributed by atoms with Crippen molar-refractivity contribution < 1.29 is 0 Å². The van der Waals surface area contributed by atoms with E-state index in [9.17, 15) is 0 Å². The lowest BCUT2D eigenvalue weighted by Crippen LogP contribution is -1.99. The molecule has 4 rings (SSSR count). The standard InChI is InChI=1S/C16H13N5/c1-2-8-21-16(3-1)12(11-20-21)10-19-13-4-5-14-15(9-13)18-7-6-17-14/h1-9,11,19H,10H2. The van der Waals surface area contributed by atoms with Crippen molar-refractivity contribution in [2.75, 3.05) is 5.32 Å². The summed E-state index contributed by atoms with van der Waals surface area (Å²) in [5, 5.41) is 7.75. The predicted molar refractivity (Wildman–Crippen MR) is 82.1 cm³/mol. The smallest absolute Gasteiger partial charge is 0.0907 e. The molecule has 0 saturated carbocycles. The first kappa shape index (κ1) is 11.8. The van der Waals surface area contributed by atoms with Gasteiger partial charge in [0.25, 0.3) is 0 Å². The highest BCUT2D eigenvalue weighted by molar-refractivity contribution is 5.78. The van der Waals surface area contributed by atoms with Gasteiger partial charge in [0.2, 0.25) is 0 Å². The van der Waals surface area contributed by atoms with Crippen LogP contribution in [0.4, 0.5) is 5.69 Å². The predicted octanol–water partition coefficient (Wildman–Crippen LogP) is 2.89. The van der Waals surface area contributed by atoms with E-state index in [1.54, 1.807) is 12.4 Å². The maximum Gasteiger partial charge on any atom is 0.0907 e. The van der Waals surface area contributed by atoms with Crippen LogP contribution in [0.25, 0.3) is 16.6 Å². The van der Waals surface area contributed by atoms with Gasteiger partial charge < -0.3 is 5.32 Å². The van der Waals surface area contributed by atoms with E-state index in [4.69, 9.17) is 0 Å². The van der Waals surface area contributed by atoms with E-state index in [1.807, 2.05) is 47.2 Å². The summed E-state index contributed by atoms with van der Waals surface area (Å²) in [5.41, 5.74) is 5.10. The Balaban J connectivity index is 1.60. The molecule has 0 unspecified atom stereocenters. The van der Waals surface area contributed by atoms with Gasteiger partial charge >= 0.3 is 0 Å². The van der Waals surface area contributed by atoms with E-state index < -0.39 is 0 Å². The Morgan fingerprint density at radius 3 is 2.86 bits per heavy atom. The van der Waals surface area contributed by atoms with Crippen molar-refractivity contribution in [2.24, 2.45) is 0 Å². The number of nitrogens with zero attached hydrogens (tertiary/aromatic N) is 4. The highest BCUT2D eigenvalue weighted by Gasteiger charge is 2.03. The molecule has 3 aromatic heterocycles. The van der Waals surface area contributed by atoms with Crippen LogP contribution in [0.5, 0.6) is 0 Å². The summed E-state index contributed by atoms with van der Waals surface area (Å²) in [5.74, 6) is 0. The number of hydrogen-bond acceptors (Lipinski definition) is 4. The molecule has 5 nitrogen and oxygen atoms in total. The van der Waals surface area contributed by atoms with E-state index in [0.29, 0.717) is 0 Å². The maximum atomic E-state index is 4.34. The van der Waals surface area contributed by atoms with Gasteiger partial charge in [0.1, 0.15) is 0 Å². The van der Waals surface area contributed by atoms with E-state index in [0.717, 1.165) is 34.3 Å². The molecule has 0 radical (unpaired) electrons. The van der Waals surface area contributed by atoms with Gasteiger partial charge in [-0.05, 0) is 30.3 Å². The molecule has 102 valence electrons. The van der Waals surface area contributed by atoms with Crippen molar-refractivity contribution in [1.29, 1.82) is 0 Å². The summed E-state index contributed by atoms with van der Waals surface area (Å²) in [7, 11) is 0. The Morgan fingerprint density at radius 2 is 1.90 bits per heavy atom. The SMILES string of the molecule is c1ccn2ncc(CNc3ccc4nccnc4c3)c2c1. The molecule has 0 amide bonds. The Bertz CT molecular complexity index is 912. The fourth-order valence-electron chi connectivity index (χ4n) is 2.39. The zero-order valence-corrected chi connectivity index (χ0v) is 11.3. The third-order valence-corrected chi connectivity index (χ3v) is 3.46. The van der Waals surface area contributed by atoms with Gasteiger partial charge in [0.05, 0.1) is 22.7 Å². The summed E-state index contributed by atoms with van der Waals surface area (Å²) >= 11 is 0. The van der Waals surface area contributed by atoms with E-state index >= 15 is 0 Å². The second-order valence-electron chi connectivity index (χ2n) is 4.81. The summed E-state index contributed by atoms with van der Waals surface area (Å²) in [6.45, 7) is 0.722. The topological polar surface area (TPSA) is 55.1 Å². The van der Waals surface area contributed by atoms with Gasteiger partial charge in [-0.15, -0.1) is 0 Å². The Labute approximate surface area is 121 Å². The Kier molecular flexibility index (Phi) is 2.74. The third kappa shape index (κ3) is 2.18. The van der Waals surface area contributed by atoms with E-state index in [-0.39, 0.29) is 0 Å². The zero-order chi connectivity index (χ0) is 14.1. The summed E-state index contributed by atoms with van der Waals surface area (Å²) < 4.78 is 1.88. The van der Waals surface area contributed by atoms with Crippen molar-refractivity contribution >= 4 is 22.2 Å². The van der Waals surface area contributed by atoms with Gasteiger partial charge in [-0.3, -0.25) is 9.97 Å². The van der Waals surface area contributed by atoms with Crippen LogP contribution in [0.1, 0.15) is 5.56 Å². The highest BCUT2D eigenvalue weighted by Crippen LogP contribution is 2.17. The molecule has 21 heavy (non-hydrogen) atoms. The largest absolute Gasteiger partial charge is 0.381 e. The van der Waals surface area contributed by atoms with Crippen molar-refractivity contribution in [3.05, 3.63) is 66.7 Å². The summed E-state index contributed by atoms with van der Waals surface area (Å²) in [6, 6.07) is 12.1. The van der Waals surface area contributed by atoms with Gasteiger partial charge in [0, 0.05) is 36.4 Å². The fourth-order valence-corrected chi connectivity index (χ4v) is 2.39. The molecule has 0 aliphatic heterocycles. The molecule has 0 atom stereocenters. The lowest BCUT2D eigenvalue weighted by Gasteiger charge is -2.06. The molecule has 0 saturated heterocycles. The van der Waals surface area contributed by atoms with Crippen LogP contribution in [0.15, 0.2) is 61.2 Å². The van der Waals surface area contributed by atoms with Crippen LogP contribution < -0.4 is 5.32 Å². The van der Waals surface area contributed by atoms with Gasteiger partial charge in [0.15, 0.2) is 0 Å². The number of nitrogens with one attached hydrogen (secondary N) is 1. The highest BCUT2D eigenvalue weighted by atomic mass is 15.2. The quantitative estimate of drug-likeness (QED) is 0.624. The molecule has 0 fully saturated rings. The molecular weight excluding hydrogens is 262 g/mol. The maximum absolute atomic E-state index is 4.34. The fraction of sp³-hybridized carbons (Fsp3) is 0.0625. The number of pyridine rings is 1. The Morgan fingerprint density at radius 1 is 1.00 bits per heavy atom. The van der Waals surface area contributed by atoms with E-state index in [1.165, 1.54) is 0 Å². The first-order valence-corrected chi connectivity index (χ1v) is 6.76. The monoisotopic (exact) mass is 275 g/mol. The van der Waals surface area contributed by atoms with E-state index in [2.05, 4.69) is 26.4 Å². The average molecular weight is 275 g/mol. The number of anilines is 1. The number of rotatable bonds is 3. The molecule has 4 aromatic rings. The second kappa shape index (κ2) is 4.86. The van der Waals surface area contributed by atoms with Crippen LogP contribution in [0.2, 0.25) is 0 Å². The van der Waals surface area contributed by atoms with Crippen molar-refractivity contribution in [1.82, 2.24) is 19.6 Å². The molecule has 0 spiro atoms. The zero-order valence-electron chi connectivity index (χ0n) is 11.3. The molecule has 0 aliphatic carbocycles. The molecule has 3 heterocycles. The first-order valence-electron chi connectivity index (χ1n) is 6.76. The summed E-state index contributed by atoms with van der Waals surface area (Å²) in [4.78, 5) is 8.59. The molecule has 5 heteroatoms. The first-order chi connectivity index (χ1) is 10.4. The minimum Gasteiger partial charge on any atom is -0.381 e. The third-order valence-electron chi connectivity index (χ3n) is 3.46. The molecule has 0 bridgehead atoms. The minimum atomic E-state index is 0.722. The van der Waals surface area contributed by atoms with Crippen LogP contribution >= 0.6 is 0 Å². The number of hydrogen-bond donors (Lipinski definition) is 1. The second-order valence-corrected chi connectivity index (χ2v) is 4.81. The molecular formula is C16H13N5. The normalized spacial score (nSPS) is 11.0. The summed E-state index contributed by atoms with van der Waals surface area (Å²) in [6.07, 6.45) is 7.25. The Hall–Kier alpha value is -2.95. The molecule has 1 N–H and O–H groups in total. The minimum absolute atomic E-state index is 0.722. The van der Waals surface area contributed by atoms with Crippen LogP contribution in [-0.2, 0) is 6.54 Å². The van der Waals surface area contributed by atoms with Crippen LogP contribution in [0.3, 0.4) is 0 Å². The van der Waals surface area contributed by atoms with Gasteiger partial charge in [-0.2, -0.15) is 5.10 Å². The average Bonchev–Trinajstić information content (AvgIpc) is 2.96. The van der Waals surface area contributed by atoms with Crippen molar-refractivity contribution in [3.63, 3.8) is 0 Å². The van der Waals surface area contributed by atoms with Gasteiger partial charge in [-0.25, -0.2) is 4.52 Å². The van der Waals surface area contributed by atoms with Crippen LogP contribution in [-0.4, -0.2) is 19.6 Å². The number of aromatic nitrogens is 4. The van der Waals surface area contributed by atoms with Crippen LogP contribution in [0, 0.1) is 0 Å². The number of fused-ring (bicyclic) bond motifs is 2. The molecule has 1 aromatic carbocycles. The van der Waals surface area contributed by atoms with Crippen molar-refractivity contribution in [2.45, 2.75) is 6.54 Å². The lowest BCUT2D eigenvalue weighted by atomic mass is 10.2. The molecule has 0 aliphatic rings. The van der Waals surface area contributed by atoms with Gasteiger partial charge in [-0.1, -0.05) is 6.07 Å².